The summed E-state index contributed by atoms with van der Waals surface area (Å²) in [5, 5.41) is 0. The molecule has 1 unspecified atom stereocenters. The maximum absolute atomic E-state index is 13.1. The van der Waals surface area contributed by atoms with Crippen molar-refractivity contribution in [1.82, 2.24) is 0 Å². The summed E-state index contributed by atoms with van der Waals surface area (Å²) in [5.41, 5.74) is -0.483. The van der Waals surface area contributed by atoms with Gasteiger partial charge in [0.15, 0.2) is 5.41 Å². The Labute approximate surface area is 149 Å². The van der Waals surface area contributed by atoms with Crippen LogP contribution in [0.1, 0.15) is 17.5 Å². The number of benzene rings is 2. The highest BCUT2D eigenvalue weighted by atomic mass is 19.3. The minimum absolute atomic E-state index is 0.0800. The number of halogens is 2. The number of carbonyl (C=O) groups is 2. The van der Waals surface area contributed by atoms with Crippen molar-refractivity contribution in [2.45, 2.75) is 26.1 Å². The Morgan fingerprint density at radius 1 is 0.885 bits per heavy atom. The van der Waals surface area contributed by atoms with E-state index in [1.54, 1.807) is 48.5 Å². The van der Waals surface area contributed by atoms with Gasteiger partial charge in [-0.1, -0.05) is 60.7 Å². The van der Waals surface area contributed by atoms with Gasteiger partial charge in [0.1, 0.15) is 13.2 Å². The molecule has 0 amide bonds. The molecule has 0 aliphatic heterocycles. The van der Waals surface area contributed by atoms with Crippen LogP contribution in [-0.2, 0) is 32.3 Å². The zero-order valence-electron chi connectivity index (χ0n) is 13.9. The van der Waals surface area contributed by atoms with Crippen LogP contribution in [0.5, 0.6) is 0 Å². The first-order valence-electron chi connectivity index (χ1n) is 8.24. The molecular formula is C20H18F2O4. The second kappa shape index (κ2) is 7.64. The molecule has 0 bridgehead atoms. The molecule has 1 aliphatic rings. The highest BCUT2D eigenvalue weighted by molar-refractivity contribution is 6.04. The number of hydrogen-bond donors (Lipinski definition) is 0. The molecule has 1 atom stereocenters. The van der Waals surface area contributed by atoms with Gasteiger partial charge in [0.25, 0.3) is 0 Å². The van der Waals surface area contributed by atoms with Gasteiger partial charge in [0.2, 0.25) is 6.43 Å². The van der Waals surface area contributed by atoms with Crippen molar-refractivity contribution in [1.29, 1.82) is 0 Å². The quantitative estimate of drug-likeness (QED) is 0.557. The third-order valence-corrected chi connectivity index (χ3v) is 4.47. The van der Waals surface area contributed by atoms with Crippen molar-refractivity contribution in [3.8, 4) is 0 Å². The standard InChI is InChI=1S/C20H18F2O4/c21-17(22)16-11-20(16,18(23)25-12-14-7-3-1-4-8-14)19(24)26-13-15-9-5-2-6-10-15/h1-10,16-17H,11-13H2. The van der Waals surface area contributed by atoms with Crippen molar-refractivity contribution >= 4 is 11.9 Å². The molecule has 1 saturated carbocycles. The molecule has 3 rings (SSSR count). The predicted octanol–water partition coefficient (Wildman–Crippen LogP) is 3.74. The average Bonchev–Trinajstić information content (AvgIpc) is 3.43. The van der Waals surface area contributed by atoms with Crippen molar-refractivity contribution in [2.75, 3.05) is 0 Å². The first-order valence-corrected chi connectivity index (χ1v) is 8.24. The molecule has 4 nitrogen and oxygen atoms in total. The molecule has 0 N–H and O–H groups in total. The Bertz CT molecular complexity index is 706. The van der Waals surface area contributed by atoms with Crippen molar-refractivity contribution < 1.29 is 27.8 Å². The molecule has 2 aromatic rings. The van der Waals surface area contributed by atoms with Crippen LogP contribution < -0.4 is 0 Å². The van der Waals surface area contributed by atoms with Crippen LogP contribution >= 0.6 is 0 Å². The predicted molar refractivity (Wildman–Crippen MR) is 89.0 cm³/mol. The Balaban J connectivity index is 1.66. The molecule has 0 spiro atoms. The van der Waals surface area contributed by atoms with Gasteiger partial charge in [-0.2, -0.15) is 0 Å². The first kappa shape index (κ1) is 18.0. The van der Waals surface area contributed by atoms with Crippen LogP contribution in [0.25, 0.3) is 0 Å². The van der Waals surface area contributed by atoms with Gasteiger partial charge in [-0.25, -0.2) is 8.78 Å². The van der Waals surface area contributed by atoms with Crippen molar-refractivity contribution in [2.24, 2.45) is 11.3 Å². The maximum atomic E-state index is 13.1. The Morgan fingerprint density at radius 3 is 1.65 bits per heavy atom. The summed E-state index contributed by atoms with van der Waals surface area (Å²) in [6.45, 7) is -0.160. The third-order valence-electron chi connectivity index (χ3n) is 4.47. The number of carbonyl (C=O) groups excluding carboxylic acids is 2. The molecule has 0 radical (unpaired) electrons. The molecule has 0 saturated heterocycles. The molecule has 136 valence electrons. The van der Waals surface area contributed by atoms with Crippen LogP contribution in [0.3, 0.4) is 0 Å². The largest absolute Gasteiger partial charge is 0.460 e. The van der Waals surface area contributed by atoms with Crippen molar-refractivity contribution in [3.63, 3.8) is 0 Å². The number of hydrogen-bond acceptors (Lipinski definition) is 4. The summed E-state index contributed by atoms with van der Waals surface area (Å²) >= 11 is 0. The highest BCUT2D eigenvalue weighted by Crippen LogP contribution is 2.57. The van der Waals surface area contributed by atoms with E-state index < -0.39 is 29.7 Å². The Morgan fingerprint density at radius 2 is 1.31 bits per heavy atom. The van der Waals surface area contributed by atoms with Gasteiger partial charge in [-0.3, -0.25) is 9.59 Å². The first-order chi connectivity index (χ1) is 12.5. The van der Waals surface area contributed by atoms with E-state index in [1.165, 1.54) is 0 Å². The van der Waals surface area contributed by atoms with Gasteiger partial charge in [0, 0.05) is 5.92 Å². The summed E-state index contributed by atoms with van der Waals surface area (Å²) in [6, 6.07) is 17.7. The molecule has 1 aliphatic carbocycles. The summed E-state index contributed by atoms with van der Waals surface area (Å²) in [4.78, 5) is 24.8. The van der Waals surface area contributed by atoms with E-state index in [9.17, 15) is 18.4 Å². The monoisotopic (exact) mass is 360 g/mol. The lowest BCUT2D eigenvalue weighted by Crippen LogP contribution is -2.33. The normalized spacial score (nSPS) is 17.6. The second-order valence-electron chi connectivity index (χ2n) is 6.24. The number of ether oxygens (including phenoxy) is 2. The minimum Gasteiger partial charge on any atom is -0.460 e. The molecule has 0 heterocycles. The number of esters is 2. The van der Waals surface area contributed by atoms with Gasteiger partial charge < -0.3 is 9.47 Å². The van der Waals surface area contributed by atoms with E-state index in [4.69, 9.17) is 9.47 Å². The number of alkyl halides is 2. The fourth-order valence-corrected chi connectivity index (χ4v) is 2.85. The van der Waals surface area contributed by atoms with Gasteiger partial charge in [0.05, 0.1) is 0 Å². The zero-order valence-corrected chi connectivity index (χ0v) is 13.9. The maximum Gasteiger partial charge on any atom is 0.324 e. The second-order valence-corrected chi connectivity index (χ2v) is 6.24. The lowest BCUT2D eigenvalue weighted by Gasteiger charge is -2.16. The SMILES string of the molecule is O=C(OCc1ccccc1)C1(C(=O)OCc2ccccc2)CC1C(F)F. The van der Waals surface area contributed by atoms with E-state index in [2.05, 4.69) is 0 Å². The van der Waals surface area contributed by atoms with Crippen LogP contribution in [-0.4, -0.2) is 18.4 Å². The molecule has 6 heteroatoms. The molecule has 0 aromatic heterocycles. The topological polar surface area (TPSA) is 52.6 Å². The van der Waals surface area contributed by atoms with Crippen LogP contribution in [0.4, 0.5) is 8.78 Å². The van der Waals surface area contributed by atoms with Gasteiger partial charge in [-0.05, 0) is 17.5 Å². The van der Waals surface area contributed by atoms with Gasteiger partial charge >= 0.3 is 11.9 Å². The summed E-state index contributed by atoms with van der Waals surface area (Å²) in [7, 11) is 0. The van der Waals surface area contributed by atoms with Gasteiger partial charge in [-0.15, -0.1) is 0 Å². The number of rotatable bonds is 7. The van der Waals surface area contributed by atoms with E-state index in [0.717, 1.165) is 0 Å². The van der Waals surface area contributed by atoms with E-state index in [1.807, 2.05) is 12.1 Å². The van der Waals surface area contributed by atoms with Crippen LogP contribution in [0, 0.1) is 11.3 Å². The van der Waals surface area contributed by atoms with Crippen molar-refractivity contribution in [3.05, 3.63) is 71.8 Å². The lowest BCUT2D eigenvalue weighted by atomic mass is 10.0. The molecule has 1 fully saturated rings. The van der Waals surface area contributed by atoms with Crippen LogP contribution in [0.15, 0.2) is 60.7 Å². The molecular weight excluding hydrogens is 342 g/mol. The smallest absolute Gasteiger partial charge is 0.324 e. The van der Waals surface area contributed by atoms with E-state index >= 15 is 0 Å². The fourth-order valence-electron chi connectivity index (χ4n) is 2.85. The molecule has 26 heavy (non-hydrogen) atoms. The highest BCUT2D eigenvalue weighted by Gasteiger charge is 2.71. The zero-order chi connectivity index (χ0) is 18.6. The van der Waals surface area contributed by atoms with Crippen LogP contribution in [0.2, 0.25) is 0 Å². The van der Waals surface area contributed by atoms with E-state index in [0.29, 0.717) is 11.1 Å². The average molecular weight is 360 g/mol. The summed E-state index contributed by atoms with van der Waals surface area (Å²) < 4.78 is 36.6. The summed E-state index contributed by atoms with van der Waals surface area (Å²) in [5.74, 6) is -3.27. The minimum atomic E-state index is -2.79. The summed E-state index contributed by atoms with van der Waals surface area (Å²) in [6.07, 6.45) is -3.05. The van der Waals surface area contributed by atoms with E-state index in [-0.39, 0.29) is 19.6 Å². The molecule has 2 aromatic carbocycles. The fraction of sp³-hybridized carbons (Fsp3) is 0.300. The Kier molecular flexibility index (Phi) is 5.30. The lowest BCUT2D eigenvalue weighted by molar-refractivity contribution is -0.168. The Hall–Kier alpha value is -2.76. The third kappa shape index (κ3) is 3.74.